The fourth-order valence-electron chi connectivity index (χ4n) is 2.24. The lowest BCUT2D eigenvalue weighted by molar-refractivity contribution is -0.244. The molecule has 0 heterocycles. The molecule has 1 nitrogen and oxygen atoms in total. The topological polar surface area (TPSA) is 26.0 Å². The van der Waals surface area contributed by atoms with Gasteiger partial charge in [-0.3, -0.25) is 0 Å². The van der Waals surface area contributed by atoms with Crippen molar-refractivity contribution in [2.24, 2.45) is 11.7 Å². The van der Waals surface area contributed by atoms with Crippen LogP contribution in [0.2, 0.25) is 0 Å². The summed E-state index contributed by atoms with van der Waals surface area (Å²) in [4.78, 5) is 0. The molecule has 2 unspecified atom stereocenters. The third kappa shape index (κ3) is 3.06. The van der Waals surface area contributed by atoms with Crippen LogP contribution >= 0.6 is 0 Å². The maximum atomic E-state index is 13.6. The monoisotopic (exact) mass is 227 g/mol. The van der Waals surface area contributed by atoms with Gasteiger partial charge in [0.05, 0.1) is 0 Å². The first-order valence-corrected chi connectivity index (χ1v) is 5.35. The molecular weight excluding hydrogens is 210 g/mol. The van der Waals surface area contributed by atoms with Gasteiger partial charge in [0, 0.05) is 0 Å². The Balaban J connectivity index is 2.55. The highest BCUT2D eigenvalue weighted by atomic mass is 19.4. The normalized spacial score (nSPS) is 33.0. The number of hydrogen-bond acceptors (Lipinski definition) is 1. The number of halogens is 4. The lowest BCUT2D eigenvalue weighted by atomic mass is 9.77. The van der Waals surface area contributed by atoms with Crippen LogP contribution in [0.15, 0.2) is 0 Å². The first-order chi connectivity index (χ1) is 6.89. The number of hydrogen-bond donors (Lipinski definition) is 1. The van der Waals surface area contributed by atoms with E-state index in [9.17, 15) is 17.6 Å². The molecule has 15 heavy (non-hydrogen) atoms. The van der Waals surface area contributed by atoms with Crippen LogP contribution in [0.5, 0.6) is 0 Å². The zero-order chi connectivity index (χ0) is 11.5. The van der Waals surface area contributed by atoms with Crippen LogP contribution in [0.4, 0.5) is 17.6 Å². The SMILES string of the molecule is NCCCC1CCCC(F)(C(F)(F)F)C1. The van der Waals surface area contributed by atoms with E-state index < -0.39 is 11.8 Å². The van der Waals surface area contributed by atoms with Crippen LogP contribution in [0.1, 0.15) is 38.5 Å². The molecule has 2 N–H and O–H groups in total. The maximum Gasteiger partial charge on any atom is 0.422 e. The minimum absolute atomic E-state index is 0.158. The molecule has 1 fully saturated rings. The average Bonchev–Trinajstić information content (AvgIpc) is 2.13. The summed E-state index contributed by atoms with van der Waals surface area (Å²) in [5, 5.41) is 0. The van der Waals surface area contributed by atoms with Crippen LogP contribution in [-0.2, 0) is 0 Å². The Bertz CT molecular complexity index is 204. The van der Waals surface area contributed by atoms with Crippen LogP contribution in [0.3, 0.4) is 0 Å². The summed E-state index contributed by atoms with van der Waals surface area (Å²) in [5.41, 5.74) is 2.33. The fourth-order valence-corrected chi connectivity index (χ4v) is 2.24. The van der Waals surface area contributed by atoms with Crippen molar-refractivity contribution in [1.82, 2.24) is 0 Å². The van der Waals surface area contributed by atoms with Gasteiger partial charge in [-0.15, -0.1) is 0 Å². The van der Waals surface area contributed by atoms with Gasteiger partial charge < -0.3 is 5.73 Å². The largest absolute Gasteiger partial charge is 0.422 e. The van der Waals surface area contributed by atoms with Crippen LogP contribution in [0, 0.1) is 5.92 Å². The van der Waals surface area contributed by atoms with Gasteiger partial charge in [-0.25, -0.2) is 4.39 Å². The Morgan fingerprint density at radius 2 is 2.00 bits per heavy atom. The number of nitrogens with two attached hydrogens (primary N) is 1. The Morgan fingerprint density at radius 3 is 2.53 bits per heavy atom. The van der Waals surface area contributed by atoms with Crippen LogP contribution in [-0.4, -0.2) is 18.4 Å². The van der Waals surface area contributed by atoms with E-state index in [2.05, 4.69) is 0 Å². The molecule has 0 radical (unpaired) electrons. The zero-order valence-corrected chi connectivity index (χ0v) is 8.62. The second-order valence-electron chi connectivity index (χ2n) is 4.36. The van der Waals surface area contributed by atoms with E-state index in [-0.39, 0.29) is 18.8 Å². The molecule has 0 aromatic rings. The Hall–Kier alpha value is -0.320. The van der Waals surface area contributed by atoms with Crippen molar-refractivity contribution in [3.63, 3.8) is 0 Å². The van der Waals surface area contributed by atoms with Gasteiger partial charge in [0.15, 0.2) is 0 Å². The minimum atomic E-state index is -4.71. The highest BCUT2D eigenvalue weighted by molar-refractivity contribution is 4.92. The highest BCUT2D eigenvalue weighted by Crippen LogP contribution is 2.47. The van der Waals surface area contributed by atoms with Gasteiger partial charge in [-0.2, -0.15) is 13.2 Å². The summed E-state index contributed by atoms with van der Waals surface area (Å²) in [7, 11) is 0. The molecule has 1 rings (SSSR count). The van der Waals surface area contributed by atoms with E-state index in [4.69, 9.17) is 5.73 Å². The number of alkyl halides is 4. The van der Waals surface area contributed by atoms with Crippen LogP contribution in [0.25, 0.3) is 0 Å². The molecular formula is C10H17F4N. The first kappa shape index (κ1) is 12.7. The lowest BCUT2D eigenvalue weighted by Crippen LogP contribution is -2.44. The first-order valence-electron chi connectivity index (χ1n) is 5.35. The minimum Gasteiger partial charge on any atom is -0.330 e. The highest BCUT2D eigenvalue weighted by Gasteiger charge is 2.57. The fraction of sp³-hybridized carbons (Fsp3) is 1.00. The Morgan fingerprint density at radius 1 is 1.33 bits per heavy atom. The third-order valence-electron chi connectivity index (χ3n) is 3.12. The number of rotatable bonds is 3. The van der Waals surface area contributed by atoms with E-state index >= 15 is 0 Å². The average molecular weight is 227 g/mol. The van der Waals surface area contributed by atoms with E-state index in [0.29, 0.717) is 32.2 Å². The van der Waals surface area contributed by atoms with Crippen molar-refractivity contribution in [2.75, 3.05) is 6.54 Å². The maximum absolute atomic E-state index is 13.6. The van der Waals surface area contributed by atoms with Crippen molar-refractivity contribution < 1.29 is 17.6 Å². The van der Waals surface area contributed by atoms with Crippen LogP contribution < -0.4 is 5.73 Å². The Kier molecular flexibility index (Phi) is 3.98. The van der Waals surface area contributed by atoms with Gasteiger partial charge in [0.1, 0.15) is 0 Å². The summed E-state index contributed by atoms with van der Waals surface area (Å²) >= 11 is 0. The van der Waals surface area contributed by atoms with Crippen molar-refractivity contribution in [3.05, 3.63) is 0 Å². The predicted molar refractivity (Wildman–Crippen MR) is 50.1 cm³/mol. The molecule has 0 amide bonds. The van der Waals surface area contributed by atoms with Crippen molar-refractivity contribution in [3.8, 4) is 0 Å². The molecule has 0 aliphatic heterocycles. The summed E-state index contributed by atoms with van der Waals surface area (Å²) in [6.07, 6.45) is -3.16. The van der Waals surface area contributed by atoms with Gasteiger partial charge in [-0.1, -0.05) is 6.42 Å². The second-order valence-corrected chi connectivity index (χ2v) is 4.36. The molecule has 0 aromatic carbocycles. The van der Waals surface area contributed by atoms with Gasteiger partial charge >= 0.3 is 6.18 Å². The van der Waals surface area contributed by atoms with Crippen molar-refractivity contribution >= 4 is 0 Å². The van der Waals surface area contributed by atoms with Gasteiger partial charge in [0.2, 0.25) is 5.67 Å². The molecule has 1 aliphatic rings. The molecule has 1 saturated carbocycles. The van der Waals surface area contributed by atoms with Gasteiger partial charge in [-0.05, 0) is 44.6 Å². The van der Waals surface area contributed by atoms with Gasteiger partial charge in [0.25, 0.3) is 0 Å². The molecule has 0 bridgehead atoms. The summed E-state index contributed by atoms with van der Waals surface area (Å²) < 4.78 is 50.9. The molecule has 5 heteroatoms. The predicted octanol–water partition coefficient (Wildman–Crippen LogP) is 3.19. The molecule has 1 aliphatic carbocycles. The summed E-state index contributed by atoms with van der Waals surface area (Å²) in [6.45, 7) is 0.460. The van der Waals surface area contributed by atoms with Crippen molar-refractivity contribution in [1.29, 1.82) is 0 Å². The third-order valence-corrected chi connectivity index (χ3v) is 3.12. The second kappa shape index (κ2) is 4.68. The van der Waals surface area contributed by atoms with E-state index in [1.165, 1.54) is 0 Å². The van der Waals surface area contributed by atoms with E-state index in [0.717, 1.165) is 0 Å². The molecule has 0 spiro atoms. The molecule has 0 aromatic heterocycles. The van der Waals surface area contributed by atoms with E-state index in [1.54, 1.807) is 0 Å². The standard InChI is InChI=1S/C10H17F4N/c11-9(10(12,13)14)5-1-3-8(7-9)4-2-6-15/h8H,1-7,15H2. The molecule has 90 valence electrons. The van der Waals surface area contributed by atoms with Crippen molar-refractivity contribution in [2.45, 2.75) is 50.4 Å². The quantitative estimate of drug-likeness (QED) is 0.736. The summed E-state index contributed by atoms with van der Waals surface area (Å²) in [5.74, 6) is -0.158. The Labute approximate surface area is 87.0 Å². The smallest absolute Gasteiger partial charge is 0.330 e. The summed E-state index contributed by atoms with van der Waals surface area (Å²) in [6, 6.07) is 0. The zero-order valence-electron chi connectivity index (χ0n) is 8.62. The molecule has 2 atom stereocenters. The van der Waals surface area contributed by atoms with E-state index in [1.807, 2.05) is 0 Å². The lowest BCUT2D eigenvalue weighted by Gasteiger charge is -2.36. The molecule has 0 saturated heterocycles.